The zero-order valence-electron chi connectivity index (χ0n) is 14.7. The number of ether oxygens (including phenoxy) is 2. The Morgan fingerprint density at radius 1 is 1.28 bits per heavy atom. The average molecular weight is 348 g/mol. The molecule has 3 aliphatic rings. The van der Waals surface area contributed by atoms with Gasteiger partial charge in [-0.1, -0.05) is 6.07 Å². The molecule has 8 heteroatoms. The lowest BCUT2D eigenvalue weighted by Crippen LogP contribution is -2.53. The molecule has 2 aliphatic heterocycles. The van der Waals surface area contributed by atoms with Crippen LogP contribution in [0.15, 0.2) is 24.4 Å². The molecule has 4 N–H and O–H groups in total. The van der Waals surface area contributed by atoms with E-state index in [9.17, 15) is 0 Å². The first-order valence-corrected chi connectivity index (χ1v) is 9.17. The molecule has 138 valence electrons. The molecule has 0 radical (unpaired) electrons. The molecule has 1 saturated carbocycles. The summed E-state index contributed by atoms with van der Waals surface area (Å²) in [6, 6.07) is 6.22. The molecule has 0 spiro atoms. The molecular weight excluding hydrogens is 320 g/mol. The van der Waals surface area contributed by atoms with E-state index < -0.39 is 0 Å². The van der Waals surface area contributed by atoms with Crippen LogP contribution in [-0.4, -0.2) is 54.0 Å². The van der Waals surface area contributed by atoms with Crippen LogP contribution in [0.25, 0.3) is 0 Å². The third-order valence-corrected chi connectivity index (χ3v) is 5.84. The highest BCUT2D eigenvalue weighted by Crippen LogP contribution is 2.43. The topological polar surface area (TPSA) is 82.7 Å². The number of aromatic nitrogens is 1. The first-order chi connectivity index (χ1) is 12.3. The number of hydrogen-bond donors (Lipinski definition) is 4. The maximum absolute atomic E-state index is 6.14. The van der Waals surface area contributed by atoms with Gasteiger partial charge in [0, 0.05) is 44.9 Å². The molecule has 3 atom stereocenters. The second-order valence-corrected chi connectivity index (χ2v) is 7.13. The fraction of sp³-hybridized carbons (Fsp3) is 0.706. The molecule has 0 bridgehead atoms. The van der Waals surface area contributed by atoms with Crippen molar-refractivity contribution in [1.29, 1.82) is 0 Å². The second kappa shape index (κ2) is 7.53. The largest absolute Gasteiger partial charge is 0.474 e. The molecule has 1 aromatic rings. The molecule has 3 heterocycles. The highest BCUT2D eigenvalue weighted by Gasteiger charge is 2.51. The van der Waals surface area contributed by atoms with E-state index in [0.29, 0.717) is 6.04 Å². The summed E-state index contributed by atoms with van der Waals surface area (Å²) in [6.07, 6.45) is 7.40. The third-order valence-electron chi connectivity index (χ3n) is 5.84. The first kappa shape index (κ1) is 17.1. The number of pyridine rings is 1. The summed E-state index contributed by atoms with van der Waals surface area (Å²) in [5.41, 5.74) is 12.0. The summed E-state index contributed by atoms with van der Waals surface area (Å²) < 4.78 is 12.2. The van der Waals surface area contributed by atoms with Gasteiger partial charge in [0.05, 0.1) is 11.8 Å². The fourth-order valence-corrected chi connectivity index (χ4v) is 4.44. The Bertz CT molecular complexity index is 555. The Morgan fingerprint density at radius 2 is 2.16 bits per heavy atom. The van der Waals surface area contributed by atoms with Crippen molar-refractivity contribution >= 4 is 0 Å². The van der Waals surface area contributed by atoms with E-state index in [1.165, 1.54) is 0 Å². The van der Waals surface area contributed by atoms with Gasteiger partial charge in [-0.25, -0.2) is 15.8 Å². The minimum absolute atomic E-state index is 0.0169. The Balaban J connectivity index is 1.39. The van der Waals surface area contributed by atoms with Crippen molar-refractivity contribution in [1.82, 2.24) is 31.8 Å². The second-order valence-electron chi connectivity index (χ2n) is 7.13. The number of hydrogen-bond acceptors (Lipinski definition) is 8. The van der Waals surface area contributed by atoms with Crippen molar-refractivity contribution in [2.24, 2.45) is 0 Å². The number of rotatable bonds is 6. The van der Waals surface area contributed by atoms with Crippen LogP contribution < -0.4 is 26.7 Å². The van der Waals surface area contributed by atoms with Crippen LogP contribution in [0.4, 0.5) is 0 Å². The Morgan fingerprint density at radius 3 is 2.92 bits per heavy atom. The lowest BCUT2D eigenvalue weighted by molar-refractivity contribution is -0.0834. The molecule has 25 heavy (non-hydrogen) atoms. The van der Waals surface area contributed by atoms with Crippen LogP contribution in [0.1, 0.15) is 32.1 Å². The zero-order valence-corrected chi connectivity index (χ0v) is 14.7. The maximum atomic E-state index is 6.14. The molecule has 0 unspecified atom stereocenters. The van der Waals surface area contributed by atoms with E-state index in [-0.39, 0.29) is 17.9 Å². The van der Waals surface area contributed by atoms with E-state index >= 15 is 0 Å². The van der Waals surface area contributed by atoms with E-state index in [0.717, 1.165) is 51.1 Å². The van der Waals surface area contributed by atoms with Gasteiger partial charge < -0.3 is 9.47 Å². The van der Waals surface area contributed by atoms with Crippen LogP contribution in [0.5, 0.6) is 5.88 Å². The summed E-state index contributed by atoms with van der Waals surface area (Å²) in [7, 11) is 1.87. The lowest BCUT2D eigenvalue weighted by atomic mass is 9.79. The van der Waals surface area contributed by atoms with E-state index in [2.05, 4.69) is 31.8 Å². The molecular formula is C17H28N6O2. The smallest absolute Gasteiger partial charge is 0.213 e. The predicted octanol–water partition coefficient (Wildman–Crippen LogP) is 0.306. The number of nitrogens with zero attached hydrogens (tertiary/aromatic N) is 2. The molecule has 1 aromatic heterocycles. The Hall–Kier alpha value is -1.29. The minimum Gasteiger partial charge on any atom is -0.474 e. The van der Waals surface area contributed by atoms with Crippen molar-refractivity contribution in [2.45, 2.75) is 56.0 Å². The van der Waals surface area contributed by atoms with Gasteiger partial charge in [-0.2, -0.15) is 11.1 Å². The van der Waals surface area contributed by atoms with Crippen LogP contribution in [0.2, 0.25) is 0 Å². The highest BCUT2D eigenvalue weighted by atomic mass is 16.5. The predicted molar refractivity (Wildman–Crippen MR) is 93.2 cm³/mol. The van der Waals surface area contributed by atoms with E-state index in [1.54, 1.807) is 6.20 Å². The first-order valence-electron chi connectivity index (χ1n) is 9.17. The zero-order chi connectivity index (χ0) is 17.1. The Labute approximate surface area is 148 Å². The average Bonchev–Trinajstić information content (AvgIpc) is 3.29. The fourth-order valence-electron chi connectivity index (χ4n) is 4.44. The van der Waals surface area contributed by atoms with Gasteiger partial charge in [-0.15, -0.1) is 0 Å². The van der Waals surface area contributed by atoms with Crippen LogP contribution in [0.3, 0.4) is 0 Å². The van der Waals surface area contributed by atoms with Gasteiger partial charge >= 0.3 is 0 Å². The summed E-state index contributed by atoms with van der Waals surface area (Å²) in [5, 5.41) is 0. The van der Waals surface area contributed by atoms with Crippen LogP contribution in [0, 0.1) is 0 Å². The number of hydrazine groups is 3. The van der Waals surface area contributed by atoms with Crippen molar-refractivity contribution in [3.8, 4) is 5.88 Å². The number of methoxy groups -OCH3 is 1. The molecule has 0 aromatic carbocycles. The third kappa shape index (κ3) is 3.64. The van der Waals surface area contributed by atoms with Gasteiger partial charge in [0.2, 0.25) is 5.88 Å². The molecule has 0 amide bonds. The van der Waals surface area contributed by atoms with Gasteiger partial charge in [-0.05, 0) is 31.7 Å². The van der Waals surface area contributed by atoms with Crippen LogP contribution >= 0.6 is 0 Å². The van der Waals surface area contributed by atoms with Gasteiger partial charge in [0.25, 0.3) is 0 Å². The summed E-state index contributed by atoms with van der Waals surface area (Å²) in [4.78, 5) is 6.87. The summed E-state index contributed by atoms with van der Waals surface area (Å²) >= 11 is 0. The van der Waals surface area contributed by atoms with Crippen molar-refractivity contribution in [2.75, 3.05) is 20.2 Å². The lowest BCUT2D eigenvalue weighted by Gasteiger charge is -2.43. The SMILES string of the molecule is CO[C@]12CC[C@@H](Oc3ccccn3)C[C@H]1N(CCC1NNNN1)CC2. The van der Waals surface area contributed by atoms with Gasteiger partial charge in [-0.3, -0.25) is 4.90 Å². The van der Waals surface area contributed by atoms with Gasteiger partial charge in [0.15, 0.2) is 0 Å². The normalized spacial score (nSPS) is 33.5. The molecule has 8 nitrogen and oxygen atoms in total. The Kier molecular flexibility index (Phi) is 5.16. The monoisotopic (exact) mass is 348 g/mol. The maximum Gasteiger partial charge on any atom is 0.213 e. The molecule has 2 saturated heterocycles. The number of nitrogens with one attached hydrogen (secondary N) is 4. The summed E-state index contributed by atoms with van der Waals surface area (Å²) in [6.45, 7) is 2.11. The van der Waals surface area contributed by atoms with E-state index in [1.807, 2.05) is 25.3 Å². The van der Waals surface area contributed by atoms with E-state index in [4.69, 9.17) is 9.47 Å². The molecule has 3 fully saturated rings. The number of likely N-dealkylation sites (tertiary alicyclic amines) is 1. The van der Waals surface area contributed by atoms with Crippen molar-refractivity contribution < 1.29 is 9.47 Å². The quantitative estimate of drug-likeness (QED) is 0.585. The molecule has 4 rings (SSSR count). The standard InChI is InChI=1S/C17H28N6O2/c1-24-17-7-5-13(25-16-4-2-3-9-18-16)12-14(17)23(11-8-17)10-6-15-19-21-22-20-15/h2-4,9,13-15,19-22H,5-8,10-12H2,1H3/t13-,14-,17+/m1/s1. The van der Waals surface area contributed by atoms with Crippen molar-refractivity contribution in [3.05, 3.63) is 24.4 Å². The van der Waals surface area contributed by atoms with Crippen molar-refractivity contribution in [3.63, 3.8) is 0 Å². The minimum atomic E-state index is -0.0169. The van der Waals surface area contributed by atoms with Crippen LogP contribution in [-0.2, 0) is 4.74 Å². The van der Waals surface area contributed by atoms with Gasteiger partial charge in [0.1, 0.15) is 6.10 Å². The highest BCUT2D eigenvalue weighted by molar-refractivity contribution is 5.11. The molecule has 1 aliphatic carbocycles. The summed E-state index contributed by atoms with van der Waals surface area (Å²) in [5.74, 6) is 0.721. The number of fused-ring (bicyclic) bond motifs is 1.